The summed E-state index contributed by atoms with van der Waals surface area (Å²) in [5.41, 5.74) is 6.71. The molecule has 0 bridgehead atoms. The third kappa shape index (κ3) is 2.34. The first-order valence-corrected chi connectivity index (χ1v) is 7.86. The second-order valence-electron chi connectivity index (χ2n) is 4.79. The highest BCUT2D eigenvalue weighted by atomic mass is 35.5. The Labute approximate surface area is 107 Å². The molecule has 0 spiro atoms. The highest BCUT2D eigenvalue weighted by Gasteiger charge is 2.37. The zero-order chi connectivity index (χ0) is 12.7. The van der Waals surface area contributed by atoms with Gasteiger partial charge in [-0.1, -0.05) is 18.0 Å². The lowest BCUT2D eigenvalue weighted by molar-refractivity contribution is 0.252. The van der Waals surface area contributed by atoms with Crippen LogP contribution in [0, 0.1) is 0 Å². The summed E-state index contributed by atoms with van der Waals surface area (Å²) in [7, 11) is -3.23. The van der Waals surface area contributed by atoms with Crippen LogP contribution in [0.4, 0.5) is 0 Å². The van der Waals surface area contributed by atoms with Gasteiger partial charge in [-0.15, -0.1) is 0 Å². The van der Waals surface area contributed by atoms with Gasteiger partial charge in [-0.25, -0.2) is 8.42 Å². The van der Waals surface area contributed by atoms with Crippen LogP contribution in [0.3, 0.4) is 0 Å². The molecule has 1 aliphatic rings. The summed E-state index contributed by atoms with van der Waals surface area (Å²) in [4.78, 5) is 0.278. The van der Waals surface area contributed by atoms with Gasteiger partial charge in [0.25, 0.3) is 0 Å². The normalized spacial score (nSPS) is 18.8. The second kappa shape index (κ2) is 4.26. The molecule has 1 fully saturated rings. The SMILES string of the molecule is CS(=O)(=O)c1cc(Cl)cc(C2(CN)CCC2)c1. The maximum absolute atomic E-state index is 11.6. The smallest absolute Gasteiger partial charge is 0.175 e. The molecule has 0 heterocycles. The molecule has 0 amide bonds. The van der Waals surface area contributed by atoms with E-state index in [0.717, 1.165) is 24.8 Å². The van der Waals surface area contributed by atoms with Crippen molar-refractivity contribution in [2.75, 3.05) is 12.8 Å². The zero-order valence-electron chi connectivity index (χ0n) is 9.74. The van der Waals surface area contributed by atoms with Gasteiger partial charge < -0.3 is 5.73 Å². The minimum Gasteiger partial charge on any atom is -0.330 e. The summed E-state index contributed by atoms with van der Waals surface area (Å²) in [6.07, 6.45) is 4.34. The quantitative estimate of drug-likeness (QED) is 0.918. The highest BCUT2D eigenvalue weighted by Crippen LogP contribution is 2.44. The van der Waals surface area contributed by atoms with E-state index in [1.54, 1.807) is 6.07 Å². The Balaban J connectivity index is 2.53. The van der Waals surface area contributed by atoms with E-state index in [2.05, 4.69) is 0 Å². The van der Waals surface area contributed by atoms with E-state index < -0.39 is 9.84 Å². The predicted octanol–water partition coefficient (Wildman–Crippen LogP) is 2.12. The molecular formula is C12H16ClNO2S. The van der Waals surface area contributed by atoms with E-state index in [9.17, 15) is 8.42 Å². The summed E-state index contributed by atoms with van der Waals surface area (Å²) in [5.74, 6) is 0. The molecule has 0 radical (unpaired) electrons. The average molecular weight is 274 g/mol. The lowest BCUT2D eigenvalue weighted by atomic mass is 9.64. The van der Waals surface area contributed by atoms with E-state index >= 15 is 0 Å². The van der Waals surface area contributed by atoms with Crippen LogP contribution in [0.25, 0.3) is 0 Å². The van der Waals surface area contributed by atoms with Gasteiger partial charge in [-0.05, 0) is 36.6 Å². The van der Waals surface area contributed by atoms with Crippen molar-refractivity contribution in [3.05, 3.63) is 28.8 Å². The van der Waals surface area contributed by atoms with E-state index in [4.69, 9.17) is 17.3 Å². The number of rotatable bonds is 3. The summed E-state index contributed by atoms with van der Waals surface area (Å²) in [5, 5.41) is 0.461. The maximum Gasteiger partial charge on any atom is 0.175 e. The summed E-state index contributed by atoms with van der Waals surface area (Å²) in [6.45, 7) is 0.538. The van der Waals surface area contributed by atoms with Gasteiger partial charge in [-0.3, -0.25) is 0 Å². The second-order valence-corrected chi connectivity index (χ2v) is 7.24. The Morgan fingerprint density at radius 1 is 1.35 bits per heavy atom. The number of benzene rings is 1. The maximum atomic E-state index is 11.6. The Bertz CT molecular complexity index is 530. The first kappa shape index (κ1) is 12.9. The monoisotopic (exact) mass is 273 g/mol. The molecule has 2 rings (SSSR count). The van der Waals surface area contributed by atoms with Gasteiger partial charge in [-0.2, -0.15) is 0 Å². The fraction of sp³-hybridized carbons (Fsp3) is 0.500. The molecule has 0 aromatic heterocycles. The van der Waals surface area contributed by atoms with Gasteiger partial charge in [0, 0.05) is 23.2 Å². The Kier molecular flexibility index (Phi) is 3.23. The van der Waals surface area contributed by atoms with Gasteiger partial charge in [0.1, 0.15) is 0 Å². The molecule has 1 saturated carbocycles. The molecule has 94 valence electrons. The molecular weight excluding hydrogens is 258 g/mol. The molecule has 3 nitrogen and oxygen atoms in total. The van der Waals surface area contributed by atoms with E-state index in [-0.39, 0.29) is 10.3 Å². The van der Waals surface area contributed by atoms with Crippen molar-refractivity contribution in [2.45, 2.75) is 29.6 Å². The number of hydrogen-bond acceptors (Lipinski definition) is 3. The van der Waals surface area contributed by atoms with E-state index in [1.807, 2.05) is 6.07 Å². The summed E-state index contributed by atoms with van der Waals surface area (Å²) < 4.78 is 23.1. The van der Waals surface area contributed by atoms with Crippen molar-refractivity contribution < 1.29 is 8.42 Å². The largest absolute Gasteiger partial charge is 0.330 e. The van der Waals surface area contributed by atoms with Crippen LogP contribution in [-0.4, -0.2) is 21.2 Å². The Morgan fingerprint density at radius 2 is 2.00 bits per heavy atom. The molecule has 1 aromatic carbocycles. The van der Waals surface area contributed by atoms with Crippen LogP contribution < -0.4 is 5.73 Å². The van der Waals surface area contributed by atoms with Crippen molar-refractivity contribution >= 4 is 21.4 Å². The zero-order valence-corrected chi connectivity index (χ0v) is 11.3. The first-order valence-electron chi connectivity index (χ1n) is 5.59. The number of nitrogens with two attached hydrogens (primary N) is 1. The van der Waals surface area contributed by atoms with Crippen molar-refractivity contribution in [1.82, 2.24) is 0 Å². The van der Waals surface area contributed by atoms with Gasteiger partial charge in [0.05, 0.1) is 4.90 Å². The Morgan fingerprint density at radius 3 is 2.41 bits per heavy atom. The molecule has 2 N–H and O–H groups in total. The number of sulfone groups is 1. The first-order chi connectivity index (χ1) is 7.87. The fourth-order valence-corrected chi connectivity index (χ4v) is 3.28. The molecule has 1 aliphatic carbocycles. The van der Waals surface area contributed by atoms with Crippen molar-refractivity contribution in [3.8, 4) is 0 Å². The van der Waals surface area contributed by atoms with E-state index in [0.29, 0.717) is 11.6 Å². The summed E-state index contributed by atoms with van der Waals surface area (Å²) in [6, 6.07) is 5.04. The van der Waals surface area contributed by atoms with Gasteiger partial charge >= 0.3 is 0 Å². The molecule has 0 saturated heterocycles. The molecule has 1 aromatic rings. The van der Waals surface area contributed by atoms with Crippen LogP contribution in [0.1, 0.15) is 24.8 Å². The summed E-state index contributed by atoms with van der Waals surface area (Å²) >= 11 is 5.99. The standard InChI is InChI=1S/C12H16ClNO2S/c1-17(15,16)11-6-9(5-10(13)7-11)12(8-14)3-2-4-12/h5-7H,2-4,8,14H2,1H3. The van der Waals surface area contributed by atoms with Crippen molar-refractivity contribution in [2.24, 2.45) is 5.73 Å². The average Bonchev–Trinajstić information content (AvgIpc) is 2.14. The highest BCUT2D eigenvalue weighted by molar-refractivity contribution is 7.90. The third-order valence-corrected chi connectivity index (χ3v) is 4.92. The van der Waals surface area contributed by atoms with Crippen LogP contribution in [-0.2, 0) is 15.3 Å². The fourth-order valence-electron chi connectivity index (χ4n) is 2.30. The Hall–Kier alpha value is -0.580. The molecule has 0 atom stereocenters. The molecule has 0 unspecified atom stereocenters. The number of hydrogen-bond donors (Lipinski definition) is 1. The van der Waals surface area contributed by atoms with Crippen LogP contribution in [0.15, 0.2) is 23.1 Å². The lowest BCUT2D eigenvalue weighted by Gasteiger charge is -2.41. The van der Waals surface area contributed by atoms with Crippen LogP contribution >= 0.6 is 11.6 Å². The van der Waals surface area contributed by atoms with Gasteiger partial charge in [0.15, 0.2) is 9.84 Å². The molecule has 0 aliphatic heterocycles. The van der Waals surface area contributed by atoms with Crippen molar-refractivity contribution in [3.63, 3.8) is 0 Å². The minimum atomic E-state index is -3.23. The lowest BCUT2D eigenvalue weighted by Crippen LogP contribution is -2.41. The third-order valence-electron chi connectivity index (χ3n) is 3.61. The van der Waals surface area contributed by atoms with Crippen LogP contribution in [0.5, 0.6) is 0 Å². The van der Waals surface area contributed by atoms with Gasteiger partial charge in [0.2, 0.25) is 0 Å². The van der Waals surface area contributed by atoms with Crippen LogP contribution in [0.2, 0.25) is 5.02 Å². The molecule has 17 heavy (non-hydrogen) atoms. The van der Waals surface area contributed by atoms with Crippen molar-refractivity contribution in [1.29, 1.82) is 0 Å². The number of halogens is 1. The van der Waals surface area contributed by atoms with E-state index in [1.165, 1.54) is 12.3 Å². The molecule has 5 heteroatoms. The topological polar surface area (TPSA) is 60.2 Å². The minimum absolute atomic E-state index is 0.0651. The predicted molar refractivity (Wildman–Crippen MR) is 69.1 cm³/mol.